The molecule has 2 heterocycles. The van der Waals surface area contributed by atoms with Crippen molar-refractivity contribution in [3.8, 4) is 17.0 Å². The van der Waals surface area contributed by atoms with Gasteiger partial charge in [0.25, 0.3) is 0 Å². The lowest BCUT2D eigenvalue weighted by molar-refractivity contribution is -0.141. The van der Waals surface area contributed by atoms with E-state index in [1.165, 1.54) is 18.0 Å². The van der Waals surface area contributed by atoms with E-state index in [2.05, 4.69) is 29.0 Å². The highest BCUT2D eigenvalue weighted by atomic mass is 16.6. The number of aromatic nitrogens is 3. The van der Waals surface area contributed by atoms with Gasteiger partial charge in [0.1, 0.15) is 24.3 Å². The predicted molar refractivity (Wildman–Crippen MR) is 156 cm³/mol. The molecule has 2 aromatic heterocycles. The number of methoxy groups -OCH3 is 1. The van der Waals surface area contributed by atoms with Crippen LogP contribution in [-0.4, -0.2) is 50.6 Å². The first kappa shape index (κ1) is 32.1. The van der Waals surface area contributed by atoms with Crippen LogP contribution in [0.5, 0.6) is 5.88 Å². The number of nitrogens with one attached hydrogen (secondary N) is 1. The average molecular weight is 581 g/mol. The Morgan fingerprint density at radius 1 is 1.07 bits per heavy atom. The second kappa shape index (κ2) is 13.5. The van der Waals surface area contributed by atoms with Crippen LogP contribution in [0.3, 0.4) is 0 Å². The van der Waals surface area contributed by atoms with Crippen LogP contribution < -0.4 is 10.1 Å². The number of carboxylic acids is 1. The third-order valence-corrected chi connectivity index (χ3v) is 6.27. The number of alkyl carbamates (subject to hydrolysis) is 1. The quantitative estimate of drug-likeness (QED) is 0.291. The summed E-state index contributed by atoms with van der Waals surface area (Å²) in [4.78, 5) is 41.2. The zero-order valence-electron chi connectivity index (χ0n) is 25.5. The number of benzene rings is 1. The fourth-order valence-corrected chi connectivity index (χ4v) is 4.39. The number of ether oxygens (including phenoxy) is 3. The van der Waals surface area contributed by atoms with Crippen molar-refractivity contribution in [2.75, 3.05) is 7.11 Å². The summed E-state index contributed by atoms with van der Waals surface area (Å²) >= 11 is 0. The number of carboxylic acid groups (broad SMARTS) is 1. The fourth-order valence-electron chi connectivity index (χ4n) is 4.39. The summed E-state index contributed by atoms with van der Waals surface area (Å²) in [5.74, 6) is -1.67. The molecule has 0 radical (unpaired) electrons. The summed E-state index contributed by atoms with van der Waals surface area (Å²) in [6.45, 7) is 13.3. The van der Waals surface area contributed by atoms with Crippen LogP contribution in [0, 0.1) is 19.8 Å². The Morgan fingerprint density at radius 2 is 1.74 bits per heavy atom. The summed E-state index contributed by atoms with van der Waals surface area (Å²) < 4.78 is 17.3. The van der Waals surface area contributed by atoms with Gasteiger partial charge in [-0.15, -0.1) is 5.10 Å². The molecule has 0 aliphatic rings. The Hall–Kier alpha value is -4.41. The summed E-state index contributed by atoms with van der Waals surface area (Å²) in [5.41, 5.74) is 5.03. The molecule has 1 aromatic carbocycles. The normalized spacial score (nSPS) is 11.4. The summed E-state index contributed by atoms with van der Waals surface area (Å²) in [6, 6.07) is 7.99. The van der Waals surface area contributed by atoms with Gasteiger partial charge < -0.3 is 24.6 Å². The highest BCUT2D eigenvalue weighted by Crippen LogP contribution is 2.34. The second-order valence-corrected chi connectivity index (χ2v) is 11.5. The molecule has 3 aromatic rings. The number of hydrogen-bond acceptors (Lipinski definition) is 8. The van der Waals surface area contributed by atoms with Crippen LogP contribution in [0.25, 0.3) is 11.1 Å². The van der Waals surface area contributed by atoms with Gasteiger partial charge in [0.05, 0.1) is 7.11 Å². The lowest BCUT2D eigenvalue weighted by Crippen LogP contribution is -2.32. The van der Waals surface area contributed by atoms with Crippen LogP contribution >= 0.6 is 0 Å². The topological polar surface area (TPSA) is 142 Å². The zero-order chi connectivity index (χ0) is 31.2. The fraction of sp³-hybridized carbons (Fsp3) is 0.452. The van der Waals surface area contributed by atoms with Crippen molar-refractivity contribution in [1.29, 1.82) is 0 Å². The molecule has 0 spiro atoms. The summed E-state index contributed by atoms with van der Waals surface area (Å²) in [7, 11) is 1.24. The van der Waals surface area contributed by atoms with Crippen molar-refractivity contribution in [3.63, 3.8) is 0 Å². The van der Waals surface area contributed by atoms with E-state index in [-0.39, 0.29) is 31.1 Å². The van der Waals surface area contributed by atoms with Gasteiger partial charge in [-0.1, -0.05) is 43.7 Å². The average Bonchev–Trinajstić information content (AvgIpc) is 3.29. The predicted octanol–water partition coefficient (Wildman–Crippen LogP) is 5.24. The Kier molecular flexibility index (Phi) is 10.3. The maximum Gasteiger partial charge on any atom is 0.407 e. The molecule has 42 heavy (non-hydrogen) atoms. The largest absolute Gasteiger partial charge is 0.477 e. The van der Waals surface area contributed by atoms with E-state index < -0.39 is 23.6 Å². The molecule has 2 N–H and O–H groups in total. The van der Waals surface area contributed by atoms with E-state index in [0.717, 1.165) is 27.9 Å². The van der Waals surface area contributed by atoms with E-state index in [1.54, 1.807) is 20.8 Å². The van der Waals surface area contributed by atoms with Gasteiger partial charge in [-0.3, -0.25) is 14.5 Å². The molecule has 226 valence electrons. The van der Waals surface area contributed by atoms with Crippen molar-refractivity contribution in [3.05, 3.63) is 64.1 Å². The van der Waals surface area contributed by atoms with Crippen molar-refractivity contribution in [2.24, 2.45) is 5.92 Å². The molecular weight excluding hydrogens is 540 g/mol. The number of nitrogens with zero attached hydrogens (tertiary/aromatic N) is 3. The van der Waals surface area contributed by atoms with Crippen LogP contribution in [0.2, 0.25) is 0 Å². The first-order valence-electron chi connectivity index (χ1n) is 13.7. The number of carbonyl (C=O) groups is 3. The van der Waals surface area contributed by atoms with Crippen LogP contribution in [-0.2, 0) is 40.4 Å². The minimum atomic E-state index is -1.25. The van der Waals surface area contributed by atoms with Crippen molar-refractivity contribution in [1.82, 2.24) is 20.1 Å². The molecule has 11 nitrogen and oxygen atoms in total. The Morgan fingerprint density at radius 3 is 2.31 bits per heavy atom. The minimum absolute atomic E-state index is 0.0566. The Labute approximate surface area is 246 Å². The molecule has 0 unspecified atom stereocenters. The van der Waals surface area contributed by atoms with Crippen LogP contribution in [0.1, 0.15) is 73.1 Å². The van der Waals surface area contributed by atoms with Gasteiger partial charge in [-0.05, 0) is 58.1 Å². The summed E-state index contributed by atoms with van der Waals surface area (Å²) in [5, 5.41) is 16.8. The van der Waals surface area contributed by atoms with Crippen molar-refractivity contribution < 1.29 is 33.7 Å². The zero-order valence-corrected chi connectivity index (χ0v) is 25.5. The van der Waals surface area contributed by atoms with E-state index in [9.17, 15) is 19.5 Å². The molecule has 3 rings (SSSR count). The van der Waals surface area contributed by atoms with Crippen LogP contribution in [0.15, 0.2) is 30.5 Å². The lowest BCUT2D eigenvalue weighted by atomic mass is 9.90. The number of carbonyl (C=O) groups excluding carboxylic acids is 2. The minimum Gasteiger partial charge on any atom is -0.477 e. The smallest absolute Gasteiger partial charge is 0.407 e. The number of pyridine rings is 1. The maximum atomic E-state index is 12.6. The highest BCUT2D eigenvalue weighted by Gasteiger charge is 2.24. The third-order valence-electron chi connectivity index (χ3n) is 6.27. The molecule has 0 bridgehead atoms. The van der Waals surface area contributed by atoms with Gasteiger partial charge in [0.2, 0.25) is 5.88 Å². The molecule has 1 amide bonds. The number of rotatable bonds is 11. The second-order valence-electron chi connectivity index (χ2n) is 11.5. The number of esters is 1. The monoisotopic (exact) mass is 580 g/mol. The molecule has 0 fully saturated rings. The molecule has 0 saturated carbocycles. The van der Waals surface area contributed by atoms with E-state index in [4.69, 9.17) is 14.5 Å². The standard InChI is InChI=1S/C31H40N4O7/c1-18(2)13-25-22(14-32-30(39)42-31(5,6)7)27(21-11-9-19(3)10-12-21)24(20(4)33-25)17-41-28-23(29(37)38)15-35(34-28)16-26(36)40-8/h9-12,15,18H,13-14,16-17H2,1-8H3,(H,32,39)(H,37,38). The first-order chi connectivity index (χ1) is 19.7. The highest BCUT2D eigenvalue weighted by molar-refractivity contribution is 5.90. The third kappa shape index (κ3) is 8.55. The number of amides is 1. The van der Waals surface area contributed by atoms with Gasteiger partial charge in [-0.25, -0.2) is 9.59 Å². The number of aryl methyl sites for hydroxylation is 2. The molecular formula is C31H40N4O7. The van der Waals surface area contributed by atoms with E-state index in [0.29, 0.717) is 23.6 Å². The van der Waals surface area contributed by atoms with Crippen LogP contribution in [0.4, 0.5) is 4.79 Å². The number of aromatic carboxylic acids is 1. The summed E-state index contributed by atoms with van der Waals surface area (Å²) in [6.07, 6.45) is 1.35. The van der Waals surface area contributed by atoms with Gasteiger partial charge in [-0.2, -0.15) is 0 Å². The molecule has 0 aliphatic carbocycles. The lowest BCUT2D eigenvalue weighted by Gasteiger charge is -2.23. The molecule has 11 heteroatoms. The maximum absolute atomic E-state index is 12.6. The van der Waals surface area contributed by atoms with Gasteiger partial charge in [0.15, 0.2) is 0 Å². The number of hydrogen-bond donors (Lipinski definition) is 2. The Bertz CT molecular complexity index is 1440. The van der Waals surface area contributed by atoms with Gasteiger partial charge in [0, 0.05) is 35.3 Å². The SMILES string of the molecule is COC(=O)Cn1cc(C(=O)O)c(OCc2c(C)nc(CC(C)C)c(CNC(=O)OC(C)(C)C)c2-c2ccc(C)cc2)n1. The van der Waals surface area contributed by atoms with Crippen molar-refractivity contribution in [2.45, 2.75) is 80.2 Å². The van der Waals surface area contributed by atoms with E-state index in [1.807, 2.05) is 38.1 Å². The molecule has 0 saturated heterocycles. The molecule has 0 aliphatic heterocycles. The first-order valence-corrected chi connectivity index (χ1v) is 13.7. The van der Waals surface area contributed by atoms with Crippen molar-refractivity contribution >= 4 is 18.0 Å². The van der Waals surface area contributed by atoms with E-state index >= 15 is 0 Å². The molecule has 0 atom stereocenters. The van der Waals surface area contributed by atoms with Gasteiger partial charge >= 0.3 is 18.0 Å². The Balaban J connectivity index is 2.12.